The lowest BCUT2D eigenvalue weighted by atomic mass is 10.0. The minimum Gasteiger partial charge on any atom is -0.756 e. The van der Waals surface area contributed by atoms with E-state index in [0.29, 0.717) is 43.3 Å². The van der Waals surface area contributed by atoms with E-state index < -0.39 is 44.8 Å². The molecule has 0 radical (unpaired) electrons. The minimum atomic E-state index is -4.60. The van der Waals surface area contributed by atoms with Gasteiger partial charge in [-0.2, -0.15) is 0 Å². The second-order valence-corrected chi connectivity index (χ2v) is 17.0. The lowest BCUT2D eigenvalue weighted by molar-refractivity contribution is -0.870. The van der Waals surface area contributed by atoms with Crippen LogP contribution in [0.5, 0.6) is 0 Å². The molecule has 0 aromatic rings. The molecule has 12 heteroatoms. The number of esters is 1. The smallest absolute Gasteiger partial charge is 0.306 e. The van der Waals surface area contributed by atoms with E-state index in [9.17, 15) is 29.6 Å². The predicted molar refractivity (Wildman–Crippen MR) is 226 cm³/mol. The van der Waals surface area contributed by atoms with Crippen molar-refractivity contribution >= 4 is 13.8 Å². The number of likely N-dealkylation sites (N-methyl/N-ethyl adjacent to an activating group) is 1. The van der Waals surface area contributed by atoms with E-state index >= 15 is 0 Å². The topological polar surface area (TPSA) is 155 Å². The fraction of sp³-hybridized carbons (Fsp3) is 0.750. The fourth-order valence-electron chi connectivity index (χ4n) is 5.38. The molecule has 326 valence electrons. The number of carbonyl (C=O) groups excluding carboxylic acids is 1. The lowest BCUT2D eigenvalue weighted by Gasteiger charge is -2.28. The van der Waals surface area contributed by atoms with Crippen molar-refractivity contribution in [2.45, 2.75) is 160 Å². The number of carbonyl (C=O) groups is 1. The Morgan fingerprint density at radius 1 is 0.661 bits per heavy atom. The van der Waals surface area contributed by atoms with Crippen molar-refractivity contribution in [2.24, 2.45) is 0 Å². The number of phosphoric acid groups is 1. The van der Waals surface area contributed by atoms with Crippen LogP contribution in [-0.2, 0) is 27.9 Å². The number of unbranched alkanes of at least 4 members (excludes halogenated alkanes) is 13. The number of quaternary nitrogens is 1. The second-order valence-electron chi connectivity index (χ2n) is 15.6. The van der Waals surface area contributed by atoms with Crippen LogP contribution in [0.4, 0.5) is 0 Å². The number of allylic oxidation sites excluding steroid dienone is 6. The van der Waals surface area contributed by atoms with Gasteiger partial charge in [0.1, 0.15) is 19.3 Å². The van der Waals surface area contributed by atoms with Gasteiger partial charge in [0, 0.05) is 13.0 Å². The first-order valence-electron chi connectivity index (χ1n) is 21.3. The Bertz CT molecular complexity index is 1130. The van der Waals surface area contributed by atoms with Crippen LogP contribution in [0.1, 0.15) is 136 Å². The molecule has 0 saturated carbocycles. The zero-order valence-electron chi connectivity index (χ0n) is 35.6. The molecule has 0 saturated heterocycles. The largest absolute Gasteiger partial charge is 0.756 e. The van der Waals surface area contributed by atoms with Crippen LogP contribution in [0.15, 0.2) is 60.8 Å². The Labute approximate surface area is 340 Å². The van der Waals surface area contributed by atoms with Crippen molar-refractivity contribution in [1.82, 2.24) is 0 Å². The van der Waals surface area contributed by atoms with Crippen LogP contribution < -0.4 is 4.89 Å². The number of phosphoric ester groups is 1. The predicted octanol–water partition coefficient (Wildman–Crippen LogP) is 8.44. The molecule has 3 N–H and O–H groups in total. The molecule has 0 aromatic carbocycles. The molecule has 0 rings (SSSR count). The summed E-state index contributed by atoms with van der Waals surface area (Å²) in [7, 11) is 1.17. The Morgan fingerprint density at radius 3 is 1.77 bits per heavy atom. The van der Waals surface area contributed by atoms with Gasteiger partial charge in [-0.1, -0.05) is 158 Å². The molecule has 11 nitrogen and oxygen atoms in total. The number of aliphatic hydroxyl groups is 3. The first-order chi connectivity index (χ1) is 26.8. The summed E-state index contributed by atoms with van der Waals surface area (Å²) in [6.07, 6.45) is 33.9. The molecule has 5 unspecified atom stereocenters. The highest BCUT2D eigenvalue weighted by Crippen LogP contribution is 2.38. The molecule has 5 atom stereocenters. The molecule has 0 aliphatic carbocycles. The standard InChI is InChI=1S/C44H80NO10P/c1-6-8-9-10-11-12-13-14-15-16-17-18-21-27-36-52-38-43(39-54-56(50,51)53-37-35-45(3,4)5)55-44(49)34-28-33-42(48)31-24-20-19-23-30-41(47)32-26-22-25-29-40(46)7-2/h19-20,22-26,29-31,40-43,46-48H,6-18,21,27-28,32-39H2,1-5H3/b20-19-,26-22-,29-25+,30-23+,31-24+. The first-order valence-corrected chi connectivity index (χ1v) is 22.8. The van der Waals surface area contributed by atoms with Gasteiger partial charge in [-0.05, 0) is 32.1 Å². The summed E-state index contributed by atoms with van der Waals surface area (Å²) in [5.74, 6) is -0.533. The van der Waals surface area contributed by atoms with Gasteiger partial charge in [0.15, 0.2) is 0 Å². The third-order valence-electron chi connectivity index (χ3n) is 8.93. The van der Waals surface area contributed by atoms with Crippen molar-refractivity contribution in [3.63, 3.8) is 0 Å². The van der Waals surface area contributed by atoms with E-state index in [4.69, 9.17) is 18.5 Å². The summed E-state index contributed by atoms with van der Waals surface area (Å²) < 4.78 is 34.3. The lowest BCUT2D eigenvalue weighted by Crippen LogP contribution is -2.37. The quantitative estimate of drug-likeness (QED) is 0.0182. The number of hydrogen-bond acceptors (Lipinski definition) is 10. The van der Waals surface area contributed by atoms with Gasteiger partial charge >= 0.3 is 5.97 Å². The number of aliphatic hydroxyl groups excluding tert-OH is 3. The Morgan fingerprint density at radius 2 is 1.20 bits per heavy atom. The van der Waals surface area contributed by atoms with E-state index in [0.717, 1.165) is 19.3 Å². The third kappa shape index (κ3) is 38.9. The average Bonchev–Trinajstić information content (AvgIpc) is 3.14. The molecule has 0 aliphatic heterocycles. The maximum absolute atomic E-state index is 12.7. The molecular weight excluding hydrogens is 733 g/mol. The van der Waals surface area contributed by atoms with Crippen molar-refractivity contribution in [3.05, 3.63) is 60.8 Å². The first kappa shape index (κ1) is 54.1. The molecule has 56 heavy (non-hydrogen) atoms. The molecular formula is C44H80NO10P. The number of rotatable bonds is 38. The van der Waals surface area contributed by atoms with E-state index in [1.54, 1.807) is 54.7 Å². The van der Waals surface area contributed by atoms with Crippen molar-refractivity contribution < 1.29 is 52.6 Å². The highest BCUT2D eigenvalue weighted by molar-refractivity contribution is 7.45. The molecule has 0 aromatic heterocycles. The van der Waals surface area contributed by atoms with E-state index in [2.05, 4.69) is 6.92 Å². The van der Waals surface area contributed by atoms with Gasteiger partial charge in [-0.3, -0.25) is 9.36 Å². The van der Waals surface area contributed by atoms with Gasteiger partial charge in [-0.25, -0.2) is 0 Å². The molecule has 0 bridgehead atoms. The molecule has 0 heterocycles. The molecule has 0 aliphatic rings. The normalized spacial score (nSPS) is 16.1. The number of ether oxygens (including phenoxy) is 2. The van der Waals surface area contributed by atoms with Crippen molar-refractivity contribution in [1.29, 1.82) is 0 Å². The van der Waals surface area contributed by atoms with Crippen molar-refractivity contribution in [2.75, 3.05) is 54.1 Å². The third-order valence-corrected chi connectivity index (χ3v) is 9.90. The molecule has 0 spiro atoms. The van der Waals surface area contributed by atoms with Crippen molar-refractivity contribution in [3.8, 4) is 0 Å². The monoisotopic (exact) mass is 814 g/mol. The van der Waals surface area contributed by atoms with E-state index in [1.165, 1.54) is 70.6 Å². The van der Waals surface area contributed by atoms with Crippen LogP contribution in [-0.4, -0.2) is 104 Å². The van der Waals surface area contributed by atoms with Gasteiger partial charge in [0.05, 0.1) is 52.7 Å². The zero-order valence-corrected chi connectivity index (χ0v) is 36.5. The van der Waals surface area contributed by atoms with Gasteiger partial charge in [0.2, 0.25) is 0 Å². The average molecular weight is 814 g/mol. The summed E-state index contributed by atoms with van der Waals surface area (Å²) in [5.41, 5.74) is 0. The minimum absolute atomic E-state index is 0.00430. The highest BCUT2D eigenvalue weighted by Gasteiger charge is 2.20. The van der Waals surface area contributed by atoms with E-state index in [1.807, 2.05) is 34.1 Å². The van der Waals surface area contributed by atoms with Crippen LogP contribution in [0.25, 0.3) is 0 Å². The summed E-state index contributed by atoms with van der Waals surface area (Å²) in [4.78, 5) is 25.0. The molecule has 0 amide bonds. The maximum Gasteiger partial charge on any atom is 0.306 e. The van der Waals surface area contributed by atoms with Crippen LogP contribution in [0.2, 0.25) is 0 Å². The number of hydrogen-bond donors (Lipinski definition) is 3. The van der Waals surface area contributed by atoms with Crippen LogP contribution in [0, 0.1) is 0 Å². The van der Waals surface area contributed by atoms with Gasteiger partial charge in [-0.15, -0.1) is 0 Å². The second kappa shape index (κ2) is 36.2. The summed E-state index contributed by atoms with van der Waals surface area (Å²) >= 11 is 0. The summed E-state index contributed by atoms with van der Waals surface area (Å²) in [5, 5.41) is 29.8. The Hall–Kier alpha value is -1.92. The van der Waals surface area contributed by atoms with Crippen LogP contribution in [0.3, 0.4) is 0 Å². The zero-order chi connectivity index (χ0) is 41.8. The summed E-state index contributed by atoms with van der Waals surface area (Å²) in [6.45, 7) is 4.67. The Kier molecular flexibility index (Phi) is 34.9. The van der Waals surface area contributed by atoms with Crippen LogP contribution >= 0.6 is 7.82 Å². The van der Waals surface area contributed by atoms with E-state index in [-0.39, 0.29) is 19.6 Å². The highest BCUT2D eigenvalue weighted by atomic mass is 31.2. The Balaban J connectivity index is 4.57. The maximum atomic E-state index is 12.7. The van der Waals surface area contributed by atoms with Gasteiger partial charge < -0.3 is 43.2 Å². The fourth-order valence-corrected chi connectivity index (χ4v) is 6.11. The number of nitrogens with zero attached hydrogens (tertiary/aromatic N) is 1. The SMILES string of the molecule is CCCCCCCCCCCCCCCCOCC(COP(=O)([O-])OCC[N+](C)(C)C)OC(=O)CCCC(O)/C=C/C=C\C=C\C(O)C/C=C\C=C\C(O)CC. The summed E-state index contributed by atoms with van der Waals surface area (Å²) in [6, 6.07) is 0. The van der Waals surface area contributed by atoms with Gasteiger partial charge in [0.25, 0.3) is 7.82 Å². The molecule has 0 fully saturated rings.